The van der Waals surface area contributed by atoms with Crippen LogP contribution in [-0.4, -0.2) is 34.5 Å². The minimum atomic E-state index is -4.45. The van der Waals surface area contributed by atoms with Crippen LogP contribution in [0, 0.1) is 0 Å². The summed E-state index contributed by atoms with van der Waals surface area (Å²) in [7, 11) is 0. The molecule has 2 amide bonds. The number of hydrogen-bond donors (Lipinski definition) is 4. The highest BCUT2D eigenvalue weighted by Crippen LogP contribution is 2.35. The summed E-state index contributed by atoms with van der Waals surface area (Å²) in [6.07, 6.45) is -6.29. The Morgan fingerprint density at radius 1 is 1.00 bits per heavy atom. The van der Waals surface area contributed by atoms with E-state index in [1.54, 1.807) is 0 Å². The summed E-state index contributed by atoms with van der Waals surface area (Å²) in [4.78, 5) is 12.2. The second kappa shape index (κ2) is 7.58. The minimum Gasteiger partial charge on any atom is -0.390 e. The van der Waals surface area contributed by atoms with Crippen LogP contribution < -0.4 is 10.6 Å². The lowest BCUT2D eigenvalue weighted by atomic mass is 9.94. The van der Waals surface area contributed by atoms with E-state index in [0.29, 0.717) is 0 Å². The maximum Gasteiger partial charge on any atom is 0.416 e. The van der Waals surface area contributed by atoms with Gasteiger partial charge < -0.3 is 20.8 Å². The van der Waals surface area contributed by atoms with Gasteiger partial charge in [0.15, 0.2) is 0 Å². The van der Waals surface area contributed by atoms with Crippen LogP contribution in [0.1, 0.15) is 23.5 Å². The van der Waals surface area contributed by atoms with Gasteiger partial charge in [0.1, 0.15) is 6.10 Å². The lowest BCUT2D eigenvalue weighted by Crippen LogP contribution is -2.46. The topological polar surface area (TPSA) is 81.6 Å². The van der Waals surface area contributed by atoms with Crippen LogP contribution in [0.5, 0.6) is 0 Å². The summed E-state index contributed by atoms with van der Waals surface area (Å²) in [6.45, 7) is 0. The molecular formula is C19H19F3N2O3. The third-order valence-corrected chi connectivity index (χ3v) is 4.69. The Morgan fingerprint density at radius 3 is 2.22 bits per heavy atom. The molecule has 0 saturated heterocycles. The van der Waals surface area contributed by atoms with E-state index in [-0.39, 0.29) is 18.0 Å². The first-order valence-electron chi connectivity index (χ1n) is 8.41. The first kappa shape index (κ1) is 19.2. The van der Waals surface area contributed by atoms with E-state index in [1.165, 1.54) is 0 Å². The van der Waals surface area contributed by atoms with Crippen LogP contribution >= 0.6 is 0 Å². The van der Waals surface area contributed by atoms with Gasteiger partial charge >= 0.3 is 12.2 Å². The molecule has 1 aliphatic carbocycles. The van der Waals surface area contributed by atoms with Crippen molar-refractivity contribution < 1.29 is 28.2 Å². The molecule has 0 radical (unpaired) electrons. The van der Waals surface area contributed by atoms with Gasteiger partial charge in [-0.15, -0.1) is 0 Å². The van der Waals surface area contributed by atoms with Gasteiger partial charge in [-0.3, -0.25) is 0 Å². The minimum absolute atomic E-state index is 0.185. The zero-order chi connectivity index (χ0) is 19.6. The first-order valence-corrected chi connectivity index (χ1v) is 8.41. The van der Waals surface area contributed by atoms with E-state index in [2.05, 4.69) is 10.6 Å². The molecule has 0 spiro atoms. The van der Waals surface area contributed by atoms with Crippen LogP contribution in [0.3, 0.4) is 0 Å². The van der Waals surface area contributed by atoms with Gasteiger partial charge in [-0.25, -0.2) is 4.79 Å². The molecule has 4 N–H and O–H groups in total. The van der Waals surface area contributed by atoms with E-state index in [1.807, 2.05) is 30.3 Å². The molecule has 8 heteroatoms. The Balaban J connectivity index is 1.68. The summed E-state index contributed by atoms with van der Waals surface area (Å²) >= 11 is 0. The highest BCUT2D eigenvalue weighted by molar-refractivity contribution is 5.89. The molecule has 0 aliphatic heterocycles. The number of anilines is 1. The zero-order valence-corrected chi connectivity index (χ0v) is 14.1. The molecule has 2 aromatic carbocycles. The van der Waals surface area contributed by atoms with Gasteiger partial charge in [-0.05, 0) is 36.2 Å². The Labute approximate surface area is 153 Å². The van der Waals surface area contributed by atoms with Crippen molar-refractivity contribution in [1.82, 2.24) is 5.32 Å². The first-order chi connectivity index (χ1) is 12.8. The van der Waals surface area contributed by atoms with Crippen molar-refractivity contribution in [3.05, 3.63) is 65.7 Å². The fraction of sp³-hybridized carbons (Fsp3) is 0.316. The number of aliphatic hydroxyl groups is 2. The molecule has 1 saturated carbocycles. The molecule has 0 bridgehead atoms. The van der Waals surface area contributed by atoms with Crippen molar-refractivity contribution in [1.29, 1.82) is 0 Å². The van der Waals surface area contributed by atoms with Crippen LogP contribution in [-0.2, 0) is 6.18 Å². The average Bonchev–Trinajstić information content (AvgIpc) is 2.90. The third-order valence-electron chi connectivity index (χ3n) is 4.69. The van der Waals surface area contributed by atoms with Crippen molar-refractivity contribution in [2.75, 3.05) is 5.32 Å². The van der Waals surface area contributed by atoms with Crippen LogP contribution in [0.2, 0.25) is 0 Å². The standard InChI is InChI=1S/C19H19F3N2O3/c20-19(21,22)12-6-8-13(9-7-12)23-18(27)24-16-14(10-15(25)17(16)26)11-4-2-1-3-5-11/h1-9,14-17,25-26H,10H2,(H2,23,24,27)/t14-,15-,16-,17-/m1/s1. The van der Waals surface area contributed by atoms with E-state index in [0.717, 1.165) is 29.8 Å². The molecule has 5 nitrogen and oxygen atoms in total. The number of carbonyl (C=O) groups is 1. The number of aliphatic hydroxyl groups excluding tert-OH is 2. The van der Waals surface area contributed by atoms with Gasteiger partial charge in [0, 0.05) is 11.6 Å². The fourth-order valence-corrected chi connectivity index (χ4v) is 3.31. The van der Waals surface area contributed by atoms with Gasteiger partial charge in [0.25, 0.3) is 0 Å². The smallest absolute Gasteiger partial charge is 0.390 e. The number of rotatable bonds is 3. The summed E-state index contributed by atoms with van der Waals surface area (Å²) in [5.41, 5.74) is 0.240. The molecule has 1 fully saturated rings. The van der Waals surface area contributed by atoms with Gasteiger partial charge in [-0.1, -0.05) is 30.3 Å². The summed E-state index contributed by atoms with van der Waals surface area (Å²) in [5.74, 6) is -0.283. The third kappa shape index (κ3) is 4.40. The number of nitrogens with one attached hydrogen (secondary N) is 2. The number of urea groups is 1. The average molecular weight is 380 g/mol. The maximum absolute atomic E-state index is 12.6. The van der Waals surface area contributed by atoms with Gasteiger partial charge in [-0.2, -0.15) is 13.2 Å². The lowest BCUT2D eigenvalue weighted by molar-refractivity contribution is -0.137. The van der Waals surface area contributed by atoms with Crippen molar-refractivity contribution >= 4 is 11.7 Å². The molecule has 27 heavy (non-hydrogen) atoms. The van der Waals surface area contributed by atoms with Crippen molar-refractivity contribution in [2.45, 2.75) is 36.8 Å². The molecule has 144 valence electrons. The summed E-state index contributed by atoms with van der Waals surface area (Å²) in [6, 6.07) is 11.8. The number of hydrogen-bond acceptors (Lipinski definition) is 3. The molecule has 1 aliphatic rings. The van der Waals surface area contributed by atoms with Gasteiger partial charge in [0.2, 0.25) is 0 Å². The van der Waals surface area contributed by atoms with Crippen molar-refractivity contribution in [2.24, 2.45) is 0 Å². The van der Waals surface area contributed by atoms with E-state index in [9.17, 15) is 28.2 Å². The van der Waals surface area contributed by atoms with Gasteiger partial charge in [0.05, 0.1) is 17.7 Å². The normalized spacial score (nSPS) is 25.2. The van der Waals surface area contributed by atoms with E-state index in [4.69, 9.17) is 0 Å². The molecule has 4 atom stereocenters. The number of benzene rings is 2. The Hall–Kier alpha value is -2.58. The summed E-state index contributed by atoms with van der Waals surface area (Å²) < 4.78 is 37.8. The van der Waals surface area contributed by atoms with E-state index < -0.39 is 36.0 Å². The number of alkyl halides is 3. The number of carbonyl (C=O) groups excluding carboxylic acids is 1. The SMILES string of the molecule is O=C(Nc1ccc(C(F)(F)F)cc1)N[C@H]1[C@H](O)[C@H](O)C[C@@H]1c1ccccc1. The molecule has 0 unspecified atom stereocenters. The number of halogens is 3. The number of amides is 2. The van der Waals surface area contributed by atoms with Crippen LogP contribution in [0.15, 0.2) is 54.6 Å². The lowest BCUT2D eigenvalue weighted by Gasteiger charge is -2.24. The fourth-order valence-electron chi connectivity index (χ4n) is 3.31. The largest absolute Gasteiger partial charge is 0.416 e. The molecule has 0 heterocycles. The Morgan fingerprint density at radius 2 is 1.63 bits per heavy atom. The van der Waals surface area contributed by atoms with Crippen molar-refractivity contribution in [3.63, 3.8) is 0 Å². The zero-order valence-electron chi connectivity index (χ0n) is 14.1. The molecule has 3 rings (SSSR count). The highest BCUT2D eigenvalue weighted by Gasteiger charge is 2.43. The molecule has 0 aromatic heterocycles. The Kier molecular flexibility index (Phi) is 5.38. The predicted octanol–water partition coefficient (Wildman–Crippen LogP) is 3.10. The predicted molar refractivity (Wildman–Crippen MR) is 93.2 cm³/mol. The maximum atomic E-state index is 12.6. The van der Waals surface area contributed by atoms with Crippen LogP contribution in [0.25, 0.3) is 0 Å². The summed E-state index contributed by atoms with van der Waals surface area (Å²) in [5, 5.41) is 25.3. The molecule has 2 aromatic rings. The second-order valence-corrected chi connectivity index (χ2v) is 6.51. The quantitative estimate of drug-likeness (QED) is 0.661. The second-order valence-electron chi connectivity index (χ2n) is 6.51. The van der Waals surface area contributed by atoms with E-state index >= 15 is 0 Å². The highest BCUT2D eigenvalue weighted by atomic mass is 19.4. The van der Waals surface area contributed by atoms with Crippen LogP contribution in [0.4, 0.5) is 23.7 Å². The van der Waals surface area contributed by atoms with Crippen molar-refractivity contribution in [3.8, 4) is 0 Å². The Bertz CT molecular complexity index is 781. The monoisotopic (exact) mass is 380 g/mol. The molecular weight excluding hydrogens is 361 g/mol.